The first-order valence-electron chi connectivity index (χ1n) is 7.99. The molecule has 0 unspecified atom stereocenters. The molecule has 6 nitrogen and oxygen atoms in total. The van der Waals surface area contributed by atoms with Crippen LogP contribution >= 0.6 is 0 Å². The predicted molar refractivity (Wildman–Crippen MR) is 92.1 cm³/mol. The van der Waals surface area contributed by atoms with Crippen LogP contribution in [0.15, 0.2) is 59.1 Å². The van der Waals surface area contributed by atoms with Gasteiger partial charge in [0, 0.05) is 5.56 Å². The molecule has 1 heterocycles. The van der Waals surface area contributed by atoms with Crippen LogP contribution in [0.4, 0.5) is 0 Å². The molecule has 0 aliphatic heterocycles. The van der Waals surface area contributed by atoms with Crippen molar-refractivity contribution in [3.63, 3.8) is 0 Å². The average molecular weight is 337 g/mol. The second-order valence-corrected chi connectivity index (χ2v) is 5.68. The highest BCUT2D eigenvalue weighted by atomic mass is 16.5. The number of ether oxygens (including phenoxy) is 1. The number of nitrogens with zero attached hydrogens (tertiary/aromatic N) is 2. The third-order valence-electron chi connectivity index (χ3n) is 3.61. The fourth-order valence-electron chi connectivity index (χ4n) is 2.30. The van der Waals surface area contributed by atoms with Gasteiger partial charge in [-0.15, -0.1) is 0 Å². The summed E-state index contributed by atoms with van der Waals surface area (Å²) in [6.45, 7) is 3.97. The standard InChI is InChI=1S/C19H19N3O3/c1-13(19-21-14(2)22-25-19)20-18(23)16-9-6-10-17(11-16)24-12-15-7-4-3-5-8-15/h3-11,13H,12H2,1-2H3,(H,20,23)/t13-/m1/s1. The van der Waals surface area contributed by atoms with Crippen LogP contribution < -0.4 is 10.1 Å². The van der Waals surface area contributed by atoms with Crippen molar-refractivity contribution in [3.05, 3.63) is 77.4 Å². The molecule has 0 bridgehead atoms. The van der Waals surface area contributed by atoms with Crippen LogP contribution in [0.1, 0.15) is 40.6 Å². The van der Waals surface area contributed by atoms with Gasteiger partial charge in [0.2, 0.25) is 5.89 Å². The Labute approximate surface area is 145 Å². The van der Waals surface area contributed by atoms with Crippen molar-refractivity contribution in [3.8, 4) is 5.75 Å². The summed E-state index contributed by atoms with van der Waals surface area (Å²) in [6.07, 6.45) is 0. The number of aromatic nitrogens is 2. The molecule has 25 heavy (non-hydrogen) atoms. The SMILES string of the molecule is Cc1noc([C@@H](C)NC(=O)c2cccc(OCc3ccccc3)c2)n1. The molecule has 0 aliphatic carbocycles. The minimum Gasteiger partial charge on any atom is -0.489 e. The molecular weight excluding hydrogens is 318 g/mol. The van der Waals surface area contributed by atoms with E-state index in [0.717, 1.165) is 5.56 Å². The summed E-state index contributed by atoms with van der Waals surface area (Å²) < 4.78 is 10.8. The number of hydrogen-bond donors (Lipinski definition) is 1. The molecule has 128 valence electrons. The fraction of sp³-hybridized carbons (Fsp3) is 0.211. The summed E-state index contributed by atoms with van der Waals surface area (Å²) >= 11 is 0. The van der Waals surface area contributed by atoms with E-state index in [4.69, 9.17) is 9.26 Å². The van der Waals surface area contributed by atoms with Crippen molar-refractivity contribution >= 4 is 5.91 Å². The van der Waals surface area contributed by atoms with Crippen molar-refractivity contribution in [1.82, 2.24) is 15.5 Å². The monoisotopic (exact) mass is 337 g/mol. The van der Waals surface area contributed by atoms with Crippen molar-refractivity contribution < 1.29 is 14.1 Å². The molecule has 1 N–H and O–H groups in total. The zero-order chi connectivity index (χ0) is 17.6. The lowest BCUT2D eigenvalue weighted by molar-refractivity contribution is 0.0932. The molecule has 1 aromatic heterocycles. The number of amides is 1. The van der Waals surface area contributed by atoms with Gasteiger partial charge in [-0.05, 0) is 37.6 Å². The lowest BCUT2D eigenvalue weighted by Crippen LogP contribution is -2.26. The Kier molecular flexibility index (Phi) is 5.09. The second-order valence-electron chi connectivity index (χ2n) is 5.68. The average Bonchev–Trinajstić information content (AvgIpc) is 3.08. The number of hydrogen-bond acceptors (Lipinski definition) is 5. The quantitative estimate of drug-likeness (QED) is 0.745. The lowest BCUT2D eigenvalue weighted by Gasteiger charge is -2.11. The number of carbonyl (C=O) groups excluding carboxylic acids is 1. The van der Waals surface area contributed by atoms with Crippen LogP contribution in [0.25, 0.3) is 0 Å². The molecule has 1 atom stereocenters. The van der Waals surface area contributed by atoms with Crippen molar-refractivity contribution in [2.45, 2.75) is 26.5 Å². The topological polar surface area (TPSA) is 77.2 Å². The third kappa shape index (κ3) is 4.44. The van der Waals surface area contributed by atoms with E-state index in [9.17, 15) is 4.79 Å². The minimum absolute atomic E-state index is 0.228. The van der Waals surface area contributed by atoms with Crippen LogP contribution in [0.2, 0.25) is 0 Å². The first-order chi connectivity index (χ1) is 12.1. The Bertz CT molecular complexity index is 846. The molecule has 6 heteroatoms. The Morgan fingerprint density at radius 1 is 1.20 bits per heavy atom. The van der Waals surface area contributed by atoms with Gasteiger partial charge in [-0.25, -0.2) is 0 Å². The fourth-order valence-corrected chi connectivity index (χ4v) is 2.30. The minimum atomic E-state index is -0.373. The Hall–Kier alpha value is -3.15. The number of rotatable bonds is 6. The van der Waals surface area contributed by atoms with E-state index < -0.39 is 0 Å². The molecule has 3 aromatic rings. The van der Waals surface area contributed by atoms with Crippen LogP contribution in [-0.4, -0.2) is 16.0 Å². The van der Waals surface area contributed by atoms with E-state index in [2.05, 4.69) is 15.5 Å². The summed E-state index contributed by atoms with van der Waals surface area (Å²) in [4.78, 5) is 16.5. The van der Waals surface area contributed by atoms with E-state index in [1.165, 1.54) is 0 Å². The van der Waals surface area contributed by atoms with Gasteiger partial charge in [0.25, 0.3) is 5.91 Å². The molecule has 2 aromatic carbocycles. The summed E-state index contributed by atoms with van der Waals surface area (Å²) in [5.41, 5.74) is 1.58. The zero-order valence-corrected chi connectivity index (χ0v) is 14.1. The van der Waals surface area contributed by atoms with Crippen molar-refractivity contribution in [2.75, 3.05) is 0 Å². The highest BCUT2D eigenvalue weighted by Gasteiger charge is 2.16. The Morgan fingerprint density at radius 3 is 2.72 bits per heavy atom. The van der Waals surface area contributed by atoms with Crippen LogP contribution in [0.3, 0.4) is 0 Å². The number of nitrogens with one attached hydrogen (secondary N) is 1. The Balaban J connectivity index is 1.63. The number of benzene rings is 2. The zero-order valence-electron chi connectivity index (χ0n) is 14.1. The molecule has 1 amide bonds. The first-order valence-corrected chi connectivity index (χ1v) is 7.99. The number of carbonyl (C=O) groups is 1. The largest absolute Gasteiger partial charge is 0.489 e. The normalized spacial score (nSPS) is 11.8. The maximum atomic E-state index is 12.4. The van der Waals surface area contributed by atoms with Crippen molar-refractivity contribution in [2.24, 2.45) is 0 Å². The van der Waals surface area contributed by atoms with Crippen molar-refractivity contribution in [1.29, 1.82) is 0 Å². The summed E-state index contributed by atoms with van der Waals surface area (Å²) in [6, 6.07) is 16.5. The predicted octanol–water partition coefficient (Wildman–Crippen LogP) is 3.45. The molecule has 0 radical (unpaired) electrons. The van der Waals surface area contributed by atoms with Gasteiger partial charge < -0.3 is 14.6 Å². The molecular formula is C19H19N3O3. The van der Waals surface area contributed by atoms with Gasteiger partial charge in [0.05, 0.1) is 0 Å². The van der Waals surface area contributed by atoms with E-state index in [-0.39, 0.29) is 11.9 Å². The molecule has 0 saturated heterocycles. The smallest absolute Gasteiger partial charge is 0.252 e. The Morgan fingerprint density at radius 2 is 2.00 bits per heavy atom. The van der Waals surface area contributed by atoms with Gasteiger partial charge in [0.15, 0.2) is 5.82 Å². The van der Waals surface area contributed by atoms with E-state index in [1.54, 1.807) is 32.0 Å². The van der Waals surface area contributed by atoms with Gasteiger partial charge >= 0.3 is 0 Å². The van der Waals surface area contributed by atoms with Crippen LogP contribution in [-0.2, 0) is 6.61 Å². The molecule has 0 aliphatic rings. The molecule has 0 fully saturated rings. The van der Waals surface area contributed by atoms with E-state index in [1.807, 2.05) is 36.4 Å². The first kappa shape index (κ1) is 16.7. The highest BCUT2D eigenvalue weighted by molar-refractivity contribution is 5.94. The number of aryl methyl sites for hydroxylation is 1. The molecule has 0 saturated carbocycles. The van der Waals surface area contributed by atoms with Gasteiger partial charge in [-0.3, -0.25) is 4.79 Å². The van der Waals surface area contributed by atoms with Gasteiger partial charge in [0.1, 0.15) is 18.4 Å². The maximum absolute atomic E-state index is 12.4. The molecule has 0 spiro atoms. The summed E-state index contributed by atoms with van der Waals surface area (Å²) in [7, 11) is 0. The highest BCUT2D eigenvalue weighted by Crippen LogP contribution is 2.17. The summed E-state index contributed by atoms with van der Waals surface area (Å²) in [5, 5.41) is 6.56. The van der Waals surface area contributed by atoms with E-state index >= 15 is 0 Å². The summed E-state index contributed by atoms with van der Waals surface area (Å²) in [5.74, 6) is 1.32. The van der Waals surface area contributed by atoms with Gasteiger partial charge in [-0.2, -0.15) is 4.98 Å². The van der Waals surface area contributed by atoms with Gasteiger partial charge in [-0.1, -0.05) is 41.6 Å². The lowest BCUT2D eigenvalue weighted by atomic mass is 10.2. The van der Waals surface area contributed by atoms with Crippen LogP contribution in [0, 0.1) is 6.92 Å². The third-order valence-corrected chi connectivity index (χ3v) is 3.61. The maximum Gasteiger partial charge on any atom is 0.252 e. The van der Waals surface area contributed by atoms with E-state index in [0.29, 0.717) is 29.6 Å². The van der Waals surface area contributed by atoms with Crippen LogP contribution in [0.5, 0.6) is 5.75 Å². The molecule has 3 rings (SSSR count). The second kappa shape index (κ2) is 7.61.